The summed E-state index contributed by atoms with van der Waals surface area (Å²) in [5.41, 5.74) is 4.74. The molecule has 2 N–H and O–H groups in total. The van der Waals surface area contributed by atoms with Crippen molar-refractivity contribution in [3.63, 3.8) is 0 Å². The van der Waals surface area contributed by atoms with Crippen molar-refractivity contribution in [3.05, 3.63) is 53.1 Å². The zero-order valence-electron chi connectivity index (χ0n) is 15.7. The number of hydrogen-bond acceptors (Lipinski definition) is 5. The van der Waals surface area contributed by atoms with E-state index in [0.717, 1.165) is 22.5 Å². The number of benzene rings is 1. The first kappa shape index (κ1) is 17.6. The van der Waals surface area contributed by atoms with Crippen LogP contribution in [-0.4, -0.2) is 36.9 Å². The number of aliphatic hydroxyl groups is 1. The highest BCUT2D eigenvalue weighted by Crippen LogP contribution is 2.38. The van der Waals surface area contributed by atoms with Gasteiger partial charge in [0, 0.05) is 24.4 Å². The van der Waals surface area contributed by atoms with Crippen molar-refractivity contribution in [2.24, 2.45) is 13.0 Å². The largest absolute Gasteiger partial charge is 0.393 e. The Labute approximate surface area is 157 Å². The molecule has 7 nitrogen and oxygen atoms in total. The van der Waals surface area contributed by atoms with E-state index in [9.17, 15) is 9.90 Å². The first-order valence-corrected chi connectivity index (χ1v) is 9.13. The Kier molecular flexibility index (Phi) is 4.39. The fraction of sp³-hybridized carbons (Fsp3) is 0.400. The van der Waals surface area contributed by atoms with Gasteiger partial charge in [-0.2, -0.15) is 5.10 Å². The van der Waals surface area contributed by atoms with Gasteiger partial charge in [0.2, 0.25) is 0 Å². The predicted octanol–water partition coefficient (Wildman–Crippen LogP) is 2.22. The molecule has 1 unspecified atom stereocenters. The van der Waals surface area contributed by atoms with E-state index in [1.54, 1.807) is 23.0 Å². The van der Waals surface area contributed by atoms with E-state index in [4.69, 9.17) is 0 Å². The number of aromatic nitrogens is 4. The summed E-state index contributed by atoms with van der Waals surface area (Å²) in [6.45, 7) is 3.84. The van der Waals surface area contributed by atoms with Gasteiger partial charge >= 0.3 is 0 Å². The number of carbonyl (C=O) groups excluding carboxylic acids is 1. The Hall–Kier alpha value is -2.80. The van der Waals surface area contributed by atoms with E-state index in [0.29, 0.717) is 23.9 Å². The van der Waals surface area contributed by atoms with E-state index in [-0.39, 0.29) is 24.0 Å². The lowest BCUT2D eigenvalue weighted by Gasteiger charge is -2.37. The van der Waals surface area contributed by atoms with Gasteiger partial charge in [0.1, 0.15) is 0 Å². The maximum absolute atomic E-state index is 12.9. The van der Waals surface area contributed by atoms with Crippen molar-refractivity contribution in [2.45, 2.75) is 38.8 Å². The van der Waals surface area contributed by atoms with Gasteiger partial charge < -0.3 is 10.4 Å². The van der Waals surface area contributed by atoms with Gasteiger partial charge in [0.15, 0.2) is 0 Å². The van der Waals surface area contributed by atoms with E-state index in [1.165, 1.54) is 0 Å². The monoisotopic (exact) mass is 365 g/mol. The van der Waals surface area contributed by atoms with Crippen LogP contribution >= 0.6 is 0 Å². The quantitative estimate of drug-likeness (QED) is 0.739. The number of hydrogen-bond donors (Lipinski definition) is 2. The van der Waals surface area contributed by atoms with E-state index in [2.05, 4.69) is 20.4 Å². The van der Waals surface area contributed by atoms with E-state index < -0.39 is 0 Å². The Morgan fingerprint density at radius 2 is 1.93 bits per heavy atom. The van der Waals surface area contributed by atoms with Crippen LogP contribution < -0.4 is 5.32 Å². The number of carbonyl (C=O) groups is 1. The van der Waals surface area contributed by atoms with Gasteiger partial charge in [-0.1, -0.05) is 0 Å². The van der Waals surface area contributed by atoms with Crippen molar-refractivity contribution >= 4 is 16.9 Å². The molecule has 0 radical (unpaired) electrons. The van der Waals surface area contributed by atoms with Gasteiger partial charge in [-0.05, 0) is 50.8 Å². The number of nitrogens with one attached hydrogen (secondary N) is 1. The van der Waals surface area contributed by atoms with Crippen molar-refractivity contribution in [3.8, 4) is 0 Å². The third kappa shape index (κ3) is 3.42. The Balaban J connectivity index is 1.60. The fourth-order valence-electron chi connectivity index (χ4n) is 3.57. The number of rotatable bonds is 4. The van der Waals surface area contributed by atoms with Crippen LogP contribution in [0.25, 0.3) is 11.0 Å². The summed E-state index contributed by atoms with van der Waals surface area (Å²) >= 11 is 0. The zero-order chi connectivity index (χ0) is 19.1. The molecule has 2 heterocycles. The van der Waals surface area contributed by atoms with Crippen LogP contribution in [0, 0.1) is 19.8 Å². The van der Waals surface area contributed by atoms with Gasteiger partial charge in [-0.3, -0.25) is 9.48 Å². The van der Waals surface area contributed by atoms with Gasteiger partial charge in [-0.25, -0.2) is 9.97 Å². The minimum Gasteiger partial charge on any atom is -0.393 e. The number of fused-ring (bicyclic) bond motifs is 1. The topological polar surface area (TPSA) is 92.9 Å². The molecule has 27 heavy (non-hydrogen) atoms. The van der Waals surface area contributed by atoms with E-state index >= 15 is 0 Å². The third-order valence-electron chi connectivity index (χ3n) is 5.33. The first-order valence-electron chi connectivity index (χ1n) is 9.13. The fourth-order valence-corrected chi connectivity index (χ4v) is 3.57. The van der Waals surface area contributed by atoms with Crippen LogP contribution in [0.1, 0.15) is 46.2 Å². The molecule has 3 aromatic rings. The van der Waals surface area contributed by atoms with Crippen molar-refractivity contribution in [1.82, 2.24) is 25.1 Å². The minimum absolute atomic E-state index is 0.160. The molecular weight excluding hydrogens is 342 g/mol. The lowest BCUT2D eigenvalue weighted by molar-refractivity contribution is 0.0235. The lowest BCUT2D eigenvalue weighted by atomic mass is 9.75. The molecule has 2 aromatic heterocycles. The summed E-state index contributed by atoms with van der Waals surface area (Å²) in [5.74, 6) is 0.0467. The van der Waals surface area contributed by atoms with Crippen molar-refractivity contribution in [1.29, 1.82) is 0 Å². The van der Waals surface area contributed by atoms with Crippen LogP contribution in [0.5, 0.6) is 0 Å². The molecule has 1 amide bonds. The standard InChI is InChI=1S/C20H23N5O2/c1-11-12(2)23-18-8-13(4-5-17(18)22-11)20(27)24-19(14-6-16(26)7-14)15-9-21-25(3)10-15/h4-5,8-10,14,16,19,26H,6-7H2,1-3H3,(H,24,27). The second-order valence-electron chi connectivity index (χ2n) is 7.38. The second kappa shape index (κ2) is 6.74. The maximum atomic E-state index is 12.9. The summed E-state index contributed by atoms with van der Waals surface area (Å²) in [6, 6.07) is 5.21. The Morgan fingerprint density at radius 1 is 1.22 bits per heavy atom. The van der Waals surface area contributed by atoms with Crippen LogP contribution in [-0.2, 0) is 7.05 Å². The molecule has 4 rings (SSSR count). The molecule has 0 bridgehead atoms. The lowest BCUT2D eigenvalue weighted by Crippen LogP contribution is -2.41. The number of aliphatic hydroxyl groups excluding tert-OH is 1. The van der Waals surface area contributed by atoms with Crippen LogP contribution in [0.4, 0.5) is 0 Å². The zero-order valence-corrected chi connectivity index (χ0v) is 15.7. The molecule has 1 aromatic carbocycles. The smallest absolute Gasteiger partial charge is 0.251 e. The number of aryl methyl sites for hydroxylation is 3. The Bertz CT molecular complexity index is 1010. The molecule has 140 valence electrons. The highest BCUT2D eigenvalue weighted by atomic mass is 16.3. The normalized spacial score (nSPS) is 20.3. The molecule has 1 fully saturated rings. The molecule has 0 saturated heterocycles. The first-order chi connectivity index (χ1) is 12.9. The number of nitrogens with zero attached hydrogens (tertiary/aromatic N) is 4. The molecule has 0 aliphatic heterocycles. The molecule has 1 saturated carbocycles. The minimum atomic E-state index is -0.284. The van der Waals surface area contributed by atoms with Crippen LogP contribution in [0.2, 0.25) is 0 Å². The third-order valence-corrected chi connectivity index (χ3v) is 5.33. The molecule has 0 spiro atoms. The van der Waals surface area contributed by atoms with Crippen LogP contribution in [0.15, 0.2) is 30.6 Å². The summed E-state index contributed by atoms with van der Waals surface area (Å²) in [5, 5.41) is 17.0. The molecule has 1 aliphatic rings. The van der Waals surface area contributed by atoms with Gasteiger partial charge in [0.05, 0.1) is 40.8 Å². The highest BCUT2D eigenvalue weighted by Gasteiger charge is 2.36. The summed E-state index contributed by atoms with van der Waals surface area (Å²) in [4.78, 5) is 22.0. The van der Waals surface area contributed by atoms with Crippen LogP contribution in [0.3, 0.4) is 0 Å². The molecular formula is C20H23N5O2. The maximum Gasteiger partial charge on any atom is 0.251 e. The number of amides is 1. The summed E-state index contributed by atoms with van der Waals surface area (Å²) in [6.07, 6.45) is 4.76. The SMILES string of the molecule is Cc1nc2ccc(C(=O)NC(c3cnn(C)c3)C3CC(O)C3)cc2nc1C. The predicted molar refractivity (Wildman–Crippen MR) is 101 cm³/mol. The van der Waals surface area contributed by atoms with Crippen molar-refractivity contribution < 1.29 is 9.90 Å². The molecule has 1 atom stereocenters. The summed E-state index contributed by atoms with van der Waals surface area (Å²) in [7, 11) is 1.85. The Morgan fingerprint density at radius 3 is 2.56 bits per heavy atom. The van der Waals surface area contributed by atoms with E-state index in [1.807, 2.05) is 33.2 Å². The average molecular weight is 365 g/mol. The molecule has 1 aliphatic carbocycles. The van der Waals surface area contributed by atoms with Crippen molar-refractivity contribution in [2.75, 3.05) is 0 Å². The molecule has 7 heteroatoms. The summed E-state index contributed by atoms with van der Waals surface area (Å²) < 4.78 is 1.72. The van der Waals surface area contributed by atoms with Gasteiger partial charge in [-0.15, -0.1) is 0 Å². The highest BCUT2D eigenvalue weighted by molar-refractivity contribution is 5.97. The second-order valence-corrected chi connectivity index (χ2v) is 7.38. The van der Waals surface area contributed by atoms with Gasteiger partial charge in [0.25, 0.3) is 5.91 Å². The average Bonchev–Trinajstić information content (AvgIpc) is 3.04.